The number of anilines is 1. The van der Waals surface area contributed by atoms with Crippen LogP contribution in [0.2, 0.25) is 0 Å². The molecular formula is C10H17N3O2. The van der Waals surface area contributed by atoms with Gasteiger partial charge in [-0.2, -0.15) is 0 Å². The second kappa shape index (κ2) is 4.20. The minimum Gasteiger partial charge on any atom is -0.429 e. The molecule has 0 bridgehead atoms. The highest BCUT2D eigenvalue weighted by molar-refractivity contribution is 5.28. The van der Waals surface area contributed by atoms with Crippen molar-refractivity contribution < 1.29 is 9.15 Å². The second-order valence-corrected chi connectivity index (χ2v) is 3.93. The van der Waals surface area contributed by atoms with E-state index in [0.717, 1.165) is 25.3 Å². The van der Waals surface area contributed by atoms with Gasteiger partial charge in [0.05, 0.1) is 18.8 Å². The van der Waals surface area contributed by atoms with Crippen molar-refractivity contribution in [3.05, 3.63) is 12.0 Å². The number of nitrogens with two attached hydrogens (primary N) is 1. The Morgan fingerprint density at radius 2 is 2.47 bits per heavy atom. The third kappa shape index (κ3) is 2.13. The summed E-state index contributed by atoms with van der Waals surface area (Å²) in [7, 11) is 1.69. The Bertz CT molecular complexity index is 326. The highest BCUT2D eigenvalue weighted by Gasteiger charge is 2.28. The van der Waals surface area contributed by atoms with Crippen molar-refractivity contribution in [2.24, 2.45) is 5.73 Å². The Hall–Kier alpha value is -1.07. The molecule has 0 amide bonds. The SMILES string of the molecule is COC1CN(c2ncc(C)o2)CCC1N. The number of aryl methyl sites for hydroxylation is 1. The normalized spacial score (nSPS) is 27.0. The fraction of sp³-hybridized carbons (Fsp3) is 0.700. The summed E-state index contributed by atoms with van der Waals surface area (Å²) in [6, 6.07) is 0.781. The molecule has 2 rings (SSSR count). The van der Waals surface area contributed by atoms with Crippen LogP contribution in [0.15, 0.2) is 10.6 Å². The van der Waals surface area contributed by atoms with E-state index in [0.29, 0.717) is 6.01 Å². The molecular weight excluding hydrogens is 194 g/mol. The van der Waals surface area contributed by atoms with E-state index in [1.807, 2.05) is 6.92 Å². The molecule has 1 aromatic heterocycles. The molecule has 0 spiro atoms. The molecule has 1 aliphatic heterocycles. The van der Waals surface area contributed by atoms with Gasteiger partial charge in [-0.3, -0.25) is 0 Å². The monoisotopic (exact) mass is 211 g/mol. The standard InChI is InChI=1S/C10H17N3O2/c1-7-5-12-10(15-7)13-4-3-8(11)9(6-13)14-2/h5,8-9H,3-4,6,11H2,1-2H3. The first-order valence-electron chi connectivity index (χ1n) is 5.16. The summed E-state index contributed by atoms with van der Waals surface area (Å²) in [5.74, 6) is 0.828. The summed E-state index contributed by atoms with van der Waals surface area (Å²) in [6.07, 6.45) is 2.69. The van der Waals surface area contributed by atoms with Crippen LogP contribution in [0.5, 0.6) is 0 Å². The molecule has 15 heavy (non-hydrogen) atoms. The van der Waals surface area contributed by atoms with E-state index >= 15 is 0 Å². The van der Waals surface area contributed by atoms with Crippen molar-refractivity contribution in [2.75, 3.05) is 25.1 Å². The van der Waals surface area contributed by atoms with Crippen molar-refractivity contribution in [3.63, 3.8) is 0 Å². The average molecular weight is 211 g/mol. The number of ether oxygens (including phenoxy) is 1. The average Bonchev–Trinajstić information content (AvgIpc) is 2.66. The second-order valence-electron chi connectivity index (χ2n) is 3.93. The quantitative estimate of drug-likeness (QED) is 0.773. The van der Waals surface area contributed by atoms with E-state index in [9.17, 15) is 0 Å². The van der Waals surface area contributed by atoms with Gasteiger partial charge in [0.15, 0.2) is 0 Å². The van der Waals surface area contributed by atoms with E-state index in [1.54, 1.807) is 13.3 Å². The third-order valence-electron chi connectivity index (χ3n) is 2.79. The Morgan fingerprint density at radius 1 is 1.67 bits per heavy atom. The zero-order valence-electron chi connectivity index (χ0n) is 9.14. The highest BCUT2D eigenvalue weighted by atomic mass is 16.5. The van der Waals surface area contributed by atoms with Gasteiger partial charge in [0.25, 0.3) is 6.01 Å². The summed E-state index contributed by atoms with van der Waals surface area (Å²) < 4.78 is 10.8. The number of oxazole rings is 1. The van der Waals surface area contributed by atoms with E-state index in [-0.39, 0.29) is 12.1 Å². The molecule has 1 aromatic rings. The van der Waals surface area contributed by atoms with Crippen molar-refractivity contribution in [3.8, 4) is 0 Å². The van der Waals surface area contributed by atoms with Crippen molar-refractivity contribution in [1.82, 2.24) is 4.98 Å². The van der Waals surface area contributed by atoms with Gasteiger partial charge in [0.1, 0.15) is 5.76 Å². The maximum absolute atomic E-state index is 5.93. The van der Waals surface area contributed by atoms with E-state index < -0.39 is 0 Å². The number of hydrogen-bond donors (Lipinski definition) is 1. The summed E-state index contributed by atoms with van der Waals surface area (Å²) in [4.78, 5) is 6.27. The van der Waals surface area contributed by atoms with Gasteiger partial charge >= 0.3 is 0 Å². The maximum Gasteiger partial charge on any atom is 0.297 e. The van der Waals surface area contributed by atoms with Crippen LogP contribution in [0.25, 0.3) is 0 Å². The van der Waals surface area contributed by atoms with Crippen LogP contribution in [0, 0.1) is 6.92 Å². The molecule has 0 aromatic carbocycles. The van der Waals surface area contributed by atoms with Gasteiger partial charge in [-0.15, -0.1) is 0 Å². The summed E-state index contributed by atoms with van der Waals surface area (Å²) >= 11 is 0. The summed E-state index contributed by atoms with van der Waals surface area (Å²) in [5, 5.41) is 0. The van der Waals surface area contributed by atoms with Gasteiger partial charge in [-0.05, 0) is 13.3 Å². The van der Waals surface area contributed by atoms with Crippen LogP contribution < -0.4 is 10.6 Å². The zero-order valence-corrected chi connectivity index (χ0v) is 9.14. The lowest BCUT2D eigenvalue weighted by Gasteiger charge is -2.34. The molecule has 2 atom stereocenters. The summed E-state index contributed by atoms with van der Waals surface area (Å²) in [5.41, 5.74) is 5.93. The fourth-order valence-corrected chi connectivity index (χ4v) is 1.85. The largest absolute Gasteiger partial charge is 0.429 e. The lowest BCUT2D eigenvalue weighted by molar-refractivity contribution is 0.0716. The fourth-order valence-electron chi connectivity index (χ4n) is 1.85. The number of piperidine rings is 1. The molecule has 0 saturated carbocycles. The Balaban J connectivity index is 2.06. The van der Waals surface area contributed by atoms with Gasteiger partial charge in [-0.25, -0.2) is 4.98 Å². The van der Waals surface area contributed by atoms with Gasteiger partial charge in [-0.1, -0.05) is 0 Å². The van der Waals surface area contributed by atoms with Crippen LogP contribution in [0.1, 0.15) is 12.2 Å². The minimum atomic E-state index is 0.0611. The lowest BCUT2D eigenvalue weighted by atomic mass is 10.0. The Morgan fingerprint density at radius 3 is 3.07 bits per heavy atom. The van der Waals surface area contributed by atoms with Crippen LogP contribution in [-0.2, 0) is 4.74 Å². The molecule has 2 heterocycles. The molecule has 2 unspecified atom stereocenters. The topological polar surface area (TPSA) is 64.5 Å². The lowest BCUT2D eigenvalue weighted by Crippen LogP contribution is -2.51. The van der Waals surface area contributed by atoms with Gasteiger partial charge in [0, 0.05) is 19.7 Å². The van der Waals surface area contributed by atoms with Crippen LogP contribution in [0.3, 0.4) is 0 Å². The Kier molecular flexibility index (Phi) is 2.93. The van der Waals surface area contributed by atoms with Crippen LogP contribution in [0.4, 0.5) is 6.01 Å². The van der Waals surface area contributed by atoms with Crippen molar-refractivity contribution >= 4 is 6.01 Å². The molecule has 1 saturated heterocycles. The molecule has 84 valence electrons. The first-order chi connectivity index (χ1) is 7.20. The number of rotatable bonds is 2. The predicted octanol–water partition coefficient (Wildman–Crippen LogP) is 0.535. The molecule has 5 nitrogen and oxygen atoms in total. The van der Waals surface area contributed by atoms with E-state index in [1.165, 1.54) is 0 Å². The zero-order chi connectivity index (χ0) is 10.8. The van der Waals surface area contributed by atoms with E-state index in [4.69, 9.17) is 14.9 Å². The molecule has 1 fully saturated rings. The van der Waals surface area contributed by atoms with Crippen molar-refractivity contribution in [1.29, 1.82) is 0 Å². The van der Waals surface area contributed by atoms with Crippen molar-refractivity contribution in [2.45, 2.75) is 25.5 Å². The maximum atomic E-state index is 5.93. The molecule has 0 radical (unpaired) electrons. The Labute approximate surface area is 89.2 Å². The number of aromatic nitrogens is 1. The number of methoxy groups -OCH3 is 1. The third-order valence-corrected chi connectivity index (χ3v) is 2.79. The minimum absolute atomic E-state index is 0.0611. The highest BCUT2D eigenvalue weighted by Crippen LogP contribution is 2.20. The van der Waals surface area contributed by atoms with Crippen LogP contribution >= 0.6 is 0 Å². The molecule has 1 aliphatic rings. The molecule has 0 aliphatic carbocycles. The van der Waals surface area contributed by atoms with Gasteiger partial charge < -0.3 is 19.8 Å². The van der Waals surface area contributed by atoms with E-state index in [2.05, 4.69) is 9.88 Å². The molecule has 5 heteroatoms. The number of nitrogens with zero attached hydrogens (tertiary/aromatic N) is 2. The summed E-state index contributed by atoms with van der Waals surface area (Å²) in [6.45, 7) is 3.51. The smallest absolute Gasteiger partial charge is 0.297 e. The first-order valence-corrected chi connectivity index (χ1v) is 5.16. The van der Waals surface area contributed by atoms with Crippen LogP contribution in [-0.4, -0.2) is 37.3 Å². The first kappa shape index (κ1) is 10.4. The molecule has 2 N–H and O–H groups in total. The predicted molar refractivity (Wildman–Crippen MR) is 56.8 cm³/mol. The number of hydrogen-bond acceptors (Lipinski definition) is 5. The van der Waals surface area contributed by atoms with Gasteiger partial charge in [0.2, 0.25) is 0 Å².